The molecule has 0 aliphatic heterocycles. The molecule has 26 heavy (non-hydrogen) atoms. The summed E-state index contributed by atoms with van der Waals surface area (Å²) in [4.78, 5) is 20.3. The molecule has 2 N–H and O–H groups in total. The summed E-state index contributed by atoms with van der Waals surface area (Å²) in [6.07, 6.45) is -1.52. The zero-order valence-electron chi connectivity index (χ0n) is 14.3. The van der Waals surface area contributed by atoms with Gasteiger partial charge in [0.2, 0.25) is 5.88 Å². The van der Waals surface area contributed by atoms with Gasteiger partial charge in [0.1, 0.15) is 5.82 Å². The third-order valence-corrected chi connectivity index (χ3v) is 3.37. The lowest BCUT2D eigenvalue weighted by Gasteiger charge is -2.15. The van der Waals surface area contributed by atoms with Crippen LogP contribution >= 0.6 is 0 Å². The normalized spacial score (nSPS) is 12.3. The molecule has 9 heteroatoms. The minimum absolute atomic E-state index is 0.131. The van der Waals surface area contributed by atoms with Crippen LogP contribution in [0.3, 0.4) is 0 Å². The van der Waals surface area contributed by atoms with Crippen molar-refractivity contribution in [2.24, 2.45) is 0 Å². The number of carbonyl (C=O) groups excluding carboxylic acids is 1. The Balaban J connectivity index is 1.97. The Morgan fingerprint density at radius 3 is 2.65 bits per heavy atom. The molecule has 0 radical (unpaired) electrons. The maximum Gasteiger partial charge on any atom is 0.422 e. The maximum atomic E-state index is 12.3. The predicted molar refractivity (Wildman–Crippen MR) is 90.1 cm³/mol. The molecule has 0 aromatic carbocycles. The van der Waals surface area contributed by atoms with Gasteiger partial charge in [-0.05, 0) is 31.5 Å². The number of carbonyl (C=O) groups is 1. The molecule has 0 bridgehead atoms. The van der Waals surface area contributed by atoms with E-state index in [2.05, 4.69) is 25.3 Å². The highest BCUT2D eigenvalue weighted by Gasteiger charge is 2.28. The third kappa shape index (κ3) is 5.91. The third-order valence-electron chi connectivity index (χ3n) is 3.37. The molecule has 1 atom stereocenters. The lowest BCUT2D eigenvalue weighted by atomic mass is 10.1. The van der Waals surface area contributed by atoms with Crippen LogP contribution in [-0.4, -0.2) is 35.2 Å². The molecule has 0 spiro atoms. The van der Waals surface area contributed by atoms with Crippen molar-refractivity contribution >= 4 is 11.7 Å². The van der Waals surface area contributed by atoms with Crippen LogP contribution in [0.1, 0.15) is 35.8 Å². The summed E-state index contributed by atoms with van der Waals surface area (Å²) in [6, 6.07) is 5.73. The molecule has 1 unspecified atom stereocenters. The Kier molecular flexibility index (Phi) is 6.37. The van der Waals surface area contributed by atoms with Crippen molar-refractivity contribution in [1.82, 2.24) is 15.3 Å². The highest BCUT2D eigenvalue weighted by molar-refractivity contribution is 5.95. The fourth-order valence-corrected chi connectivity index (χ4v) is 2.10. The van der Waals surface area contributed by atoms with Gasteiger partial charge in [0.05, 0.1) is 6.04 Å². The number of halogens is 3. The van der Waals surface area contributed by atoms with E-state index in [1.54, 1.807) is 25.1 Å². The standard InChI is InChI=1S/C17H19F3N4O2/c1-3-21-14-8-12(6-7-22-14)16(25)24-11(2)13-4-5-15(23-9-13)26-10-17(18,19)20/h4-9,11H,3,10H2,1-2H3,(H,21,22)(H,24,25). The Hall–Kier alpha value is -2.84. The number of rotatable bonds is 7. The van der Waals surface area contributed by atoms with Gasteiger partial charge in [-0.2, -0.15) is 13.2 Å². The van der Waals surface area contributed by atoms with Crippen LogP contribution in [0.15, 0.2) is 36.7 Å². The Morgan fingerprint density at radius 2 is 2.04 bits per heavy atom. The number of ether oxygens (including phenoxy) is 1. The van der Waals surface area contributed by atoms with Crippen molar-refractivity contribution in [3.05, 3.63) is 47.8 Å². The molecule has 140 valence electrons. The molecule has 6 nitrogen and oxygen atoms in total. The van der Waals surface area contributed by atoms with Crippen molar-refractivity contribution in [2.45, 2.75) is 26.1 Å². The number of nitrogens with zero attached hydrogens (tertiary/aromatic N) is 2. The summed E-state index contributed by atoms with van der Waals surface area (Å²) in [5, 5.41) is 5.82. The van der Waals surface area contributed by atoms with Crippen LogP contribution in [-0.2, 0) is 0 Å². The molecule has 2 aromatic rings. The van der Waals surface area contributed by atoms with Gasteiger partial charge in [-0.1, -0.05) is 6.07 Å². The minimum atomic E-state index is -4.42. The van der Waals surface area contributed by atoms with Crippen molar-refractivity contribution in [2.75, 3.05) is 18.5 Å². The first-order valence-electron chi connectivity index (χ1n) is 7.95. The molecular formula is C17H19F3N4O2. The number of anilines is 1. The molecule has 2 aromatic heterocycles. The summed E-state index contributed by atoms with van der Waals surface area (Å²) < 4.78 is 40.9. The molecule has 0 saturated carbocycles. The van der Waals surface area contributed by atoms with Crippen molar-refractivity contribution in [3.8, 4) is 5.88 Å². The number of pyridine rings is 2. The average molecular weight is 368 g/mol. The predicted octanol–water partition coefficient (Wildman–Crippen LogP) is 3.34. The number of hydrogen-bond acceptors (Lipinski definition) is 5. The van der Waals surface area contributed by atoms with Gasteiger partial charge in [-0.3, -0.25) is 4.79 Å². The first-order chi connectivity index (χ1) is 12.3. The fraction of sp³-hybridized carbons (Fsp3) is 0.353. The maximum absolute atomic E-state index is 12.3. The van der Waals surface area contributed by atoms with E-state index in [4.69, 9.17) is 0 Å². The molecule has 2 rings (SSSR count). The van der Waals surface area contributed by atoms with Crippen LogP contribution in [0, 0.1) is 0 Å². The van der Waals surface area contributed by atoms with Gasteiger partial charge < -0.3 is 15.4 Å². The minimum Gasteiger partial charge on any atom is -0.468 e. The molecular weight excluding hydrogens is 349 g/mol. The largest absolute Gasteiger partial charge is 0.468 e. The second-order valence-corrected chi connectivity index (χ2v) is 5.49. The van der Waals surface area contributed by atoms with E-state index in [0.717, 1.165) is 0 Å². The van der Waals surface area contributed by atoms with Gasteiger partial charge in [-0.25, -0.2) is 9.97 Å². The van der Waals surface area contributed by atoms with Gasteiger partial charge in [0, 0.05) is 30.6 Å². The summed E-state index contributed by atoms with van der Waals surface area (Å²) in [5.41, 5.74) is 1.08. The number of aromatic nitrogens is 2. The van der Waals surface area contributed by atoms with Gasteiger partial charge in [0.15, 0.2) is 6.61 Å². The van der Waals surface area contributed by atoms with E-state index < -0.39 is 12.8 Å². The summed E-state index contributed by atoms with van der Waals surface area (Å²) in [5.74, 6) is 0.172. The zero-order chi connectivity index (χ0) is 19.2. The Labute approximate surface area is 148 Å². The average Bonchev–Trinajstić information content (AvgIpc) is 2.60. The molecule has 1 amide bonds. The quantitative estimate of drug-likeness (QED) is 0.784. The second kappa shape index (κ2) is 8.50. The van der Waals surface area contributed by atoms with Crippen molar-refractivity contribution in [3.63, 3.8) is 0 Å². The highest BCUT2D eigenvalue weighted by atomic mass is 19.4. The fourth-order valence-electron chi connectivity index (χ4n) is 2.10. The molecule has 0 aliphatic rings. The Morgan fingerprint density at radius 1 is 1.27 bits per heavy atom. The summed E-state index contributed by atoms with van der Waals surface area (Å²) >= 11 is 0. The molecule has 2 heterocycles. The van der Waals surface area contributed by atoms with Gasteiger partial charge >= 0.3 is 6.18 Å². The second-order valence-electron chi connectivity index (χ2n) is 5.49. The zero-order valence-corrected chi connectivity index (χ0v) is 14.3. The van der Waals surface area contributed by atoms with Crippen LogP contribution < -0.4 is 15.4 Å². The lowest BCUT2D eigenvalue weighted by molar-refractivity contribution is -0.154. The topological polar surface area (TPSA) is 76.1 Å². The number of nitrogens with one attached hydrogen (secondary N) is 2. The summed E-state index contributed by atoms with van der Waals surface area (Å²) in [6.45, 7) is 2.95. The first kappa shape index (κ1) is 19.5. The number of amides is 1. The van der Waals surface area contributed by atoms with Gasteiger partial charge in [0.25, 0.3) is 5.91 Å². The monoisotopic (exact) mass is 368 g/mol. The number of alkyl halides is 3. The molecule has 0 aliphatic carbocycles. The Bertz CT molecular complexity index is 736. The van der Waals surface area contributed by atoms with E-state index in [1.165, 1.54) is 18.5 Å². The molecule has 0 fully saturated rings. The summed E-state index contributed by atoms with van der Waals surface area (Å²) in [7, 11) is 0. The van der Waals surface area contributed by atoms with Crippen LogP contribution in [0.25, 0.3) is 0 Å². The van der Waals surface area contributed by atoms with E-state index in [9.17, 15) is 18.0 Å². The van der Waals surface area contributed by atoms with E-state index in [1.807, 2.05) is 6.92 Å². The van der Waals surface area contributed by atoms with Crippen LogP contribution in [0.2, 0.25) is 0 Å². The van der Waals surface area contributed by atoms with E-state index in [-0.39, 0.29) is 17.8 Å². The SMILES string of the molecule is CCNc1cc(C(=O)NC(C)c2ccc(OCC(F)(F)F)nc2)ccn1. The molecule has 0 saturated heterocycles. The first-order valence-corrected chi connectivity index (χ1v) is 7.95. The van der Waals surface area contributed by atoms with Crippen molar-refractivity contribution in [1.29, 1.82) is 0 Å². The smallest absolute Gasteiger partial charge is 0.422 e. The van der Waals surface area contributed by atoms with Crippen LogP contribution in [0.4, 0.5) is 19.0 Å². The van der Waals surface area contributed by atoms with Crippen LogP contribution in [0.5, 0.6) is 5.88 Å². The van der Waals surface area contributed by atoms with E-state index >= 15 is 0 Å². The van der Waals surface area contributed by atoms with Gasteiger partial charge in [-0.15, -0.1) is 0 Å². The highest BCUT2D eigenvalue weighted by Crippen LogP contribution is 2.19. The lowest BCUT2D eigenvalue weighted by Crippen LogP contribution is -2.27. The van der Waals surface area contributed by atoms with E-state index in [0.29, 0.717) is 23.5 Å². The van der Waals surface area contributed by atoms with Crippen molar-refractivity contribution < 1.29 is 22.7 Å². The number of hydrogen-bond donors (Lipinski definition) is 2.